The van der Waals surface area contributed by atoms with Gasteiger partial charge in [-0.2, -0.15) is 0 Å². The number of carbonyl (C=O) groups is 1. The van der Waals surface area contributed by atoms with E-state index in [0.29, 0.717) is 44.5 Å². The summed E-state index contributed by atoms with van der Waals surface area (Å²) in [6, 6.07) is 8.98. The molecule has 2 N–H and O–H groups in total. The van der Waals surface area contributed by atoms with Gasteiger partial charge in [-0.3, -0.25) is 9.69 Å². The van der Waals surface area contributed by atoms with Crippen LogP contribution in [0.1, 0.15) is 46.5 Å². The number of hydrogen-bond acceptors (Lipinski definition) is 9. The van der Waals surface area contributed by atoms with Gasteiger partial charge in [0.05, 0.1) is 18.3 Å². The van der Waals surface area contributed by atoms with E-state index in [1.165, 1.54) is 0 Å². The second kappa shape index (κ2) is 13.2. The van der Waals surface area contributed by atoms with Crippen LogP contribution in [0.25, 0.3) is 11.1 Å². The summed E-state index contributed by atoms with van der Waals surface area (Å²) in [5.74, 6) is 0.911. The highest BCUT2D eigenvalue weighted by molar-refractivity contribution is 6.74. The van der Waals surface area contributed by atoms with Gasteiger partial charge in [0.1, 0.15) is 11.9 Å². The second-order valence-electron chi connectivity index (χ2n) is 14.2. The van der Waals surface area contributed by atoms with E-state index in [-0.39, 0.29) is 40.6 Å². The number of nitrogens with zero attached hydrogens (tertiary/aromatic N) is 5. The molecule has 246 valence electrons. The van der Waals surface area contributed by atoms with E-state index >= 15 is 4.39 Å². The standard InChI is InChI=1S/C34H46FN7O3Si/c1-34(2,3)46(4,5)45-27-18-25-10-14-37-31(43)22-41-15-11-26(12-16-41)44-29-8-6-7-28(32(29)35)40-30-17-23(9-13-36-30)24-19-38-33(39-20-24)42(25)21-27/h6-9,13,17,19-20,25-27H,10-12,14-16,18,21-22H2,1-5H3,(H,36,40)(H,37,43). The summed E-state index contributed by atoms with van der Waals surface area (Å²) in [5.41, 5.74) is 1.98. The first-order valence-corrected chi connectivity index (χ1v) is 19.3. The van der Waals surface area contributed by atoms with Gasteiger partial charge in [0.15, 0.2) is 19.9 Å². The molecular weight excluding hydrogens is 602 g/mol. The first-order chi connectivity index (χ1) is 21.9. The number of carbonyl (C=O) groups excluding carboxylic acids is 1. The predicted octanol–water partition coefficient (Wildman–Crippen LogP) is 5.75. The number of hydrogen-bond donors (Lipinski definition) is 2. The van der Waals surface area contributed by atoms with Crippen LogP contribution < -0.4 is 20.3 Å². The molecule has 2 saturated heterocycles. The van der Waals surface area contributed by atoms with Gasteiger partial charge in [-0.1, -0.05) is 26.8 Å². The SMILES string of the molecule is CC(C)(C)[Si](C)(C)OC1CC2CCNC(=O)CN3CCC(CC3)Oc3cccc(c3F)Nc3cc(ccn3)-c3cnc(nc3)N2C1. The van der Waals surface area contributed by atoms with Crippen molar-refractivity contribution >= 4 is 31.7 Å². The lowest BCUT2D eigenvalue weighted by Crippen LogP contribution is -2.44. The molecule has 6 aliphatic heterocycles. The average Bonchev–Trinajstić information content (AvgIpc) is 3.41. The van der Waals surface area contributed by atoms with Crippen molar-refractivity contribution in [3.63, 3.8) is 0 Å². The second-order valence-corrected chi connectivity index (χ2v) is 19.0. The molecule has 6 aliphatic rings. The van der Waals surface area contributed by atoms with Crippen molar-refractivity contribution in [2.75, 3.05) is 42.9 Å². The molecule has 10 nitrogen and oxygen atoms in total. The van der Waals surface area contributed by atoms with Gasteiger partial charge in [0, 0.05) is 56.4 Å². The first kappa shape index (κ1) is 32.3. The smallest absolute Gasteiger partial charge is 0.234 e. The third kappa shape index (κ3) is 7.34. The van der Waals surface area contributed by atoms with Gasteiger partial charge in [0.2, 0.25) is 11.9 Å². The van der Waals surface area contributed by atoms with Crippen LogP contribution in [0.4, 0.5) is 21.8 Å². The number of benzene rings is 1. The Morgan fingerprint density at radius 3 is 2.54 bits per heavy atom. The lowest BCUT2D eigenvalue weighted by atomic mass is 10.1. The summed E-state index contributed by atoms with van der Waals surface area (Å²) in [6.45, 7) is 14.4. The quantitative estimate of drug-likeness (QED) is 0.337. The van der Waals surface area contributed by atoms with Crippen LogP contribution in [0.2, 0.25) is 18.1 Å². The highest BCUT2D eigenvalue weighted by Gasteiger charge is 2.43. The molecule has 1 amide bonds. The van der Waals surface area contributed by atoms with Crippen LogP contribution in [0.3, 0.4) is 0 Å². The summed E-state index contributed by atoms with van der Waals surface area (Å²) in [4.78, 5) is 31.3. The number of aromatic nitrogens is 3. The minimum absolute atomic E-state index is 0.0113. The molecule has 0 spiro atoms. The van der Waals surface area contributed by atoms with Crippen LogP contribution in [0.15, 0.2) is 48.9 Å². The highest BCUT2D eigenvalue weighted by Crippen LogP contribution is 2.39. The summed E-state index contributed by atoms with van der Waals surface area (Å²) in [5, 5.41) is 6.37. The molecular formula is C34H46FN7O3Si. The fourth-order valence-electron chi connectivity index (χ4n) is 6.21. The largest absolute Gasteiger partial charge is 0.487 e. The zero-order valence-corrected chi connectivity index (χ0v) is 28.6. The van der Waals surface area contributed by atoms with Crippen molar-refractivity contribution in [2.45, 2.75) is 82.8 Å². The Morgan fingerprint density at radius 2 is 1.80 bits per heavy atom. The molecule has 2 aromatic heterocycles. The molecule has 0 saturated carbocycles. The maximum atomic E-state index is 15.5. The van der Waals surface area contributed by atoms with E-state index in [1.54, 1.807) is 24.4 Å². The van der Waals surface area contributed by atoms with Crippen LogP contribution in [-0.4, -0.2) is 85.0 Å². The molecule has 8 bridgehead atoms. The van der Waals surface area contributed by atoms with Crippen LogP contribution >= 0.6 is 0 Å². The molecule has 46 heavy (non-hydrogen) atoms. The number of pyridine rings is 1. The summed E-state index contributed by atoms with van der Waals surface area (Å²) in [7, 11) is -1.98. The fourth-order valence-corrected chi connectivity index (χ4v) is 7.56. The van der Waals surface area contributed by atoms with E-state index in [1.807, 2.05) is 24.5 Å². The van der Waals surface area contributed by atoms with Crippen molar-refractivity contribution in [3.05, 3.63) is 54.7 Å². The van der Waals surface area contributed by atoms with E-state index in [0.717, 1.165) is 36.8 Å². The molecule has 8 heterocycles. The number of rotatable bonds is 2. The van der Waals surface area contributed by atoms with Crippen molar-refractivity contribution in [2.24, 2.45) is 0 Å². The van der Waals surface area contributed by atoms with Gasteiger partial charge in [-0.05, 0) is 73.6 Å². The summed E-state index contributed by atoms with van der Waals surface area (Å²) >= 11 is 0. The van der Waals surface area contributed by atoms with Crippen LogP contribution in [-0.2, 0) is 9.22 Å². The molecule has 0 radical (unpaired) electrons. The van der Waals surface area contributed by atoms with E-state index in [2.05, 4.69) is 59.3 Å². The monoisotopic (exact) mass is 647 g/mol. The number of ether oxygens (including phenoxy) is 1. The van der Waals surface area contributed by atoms with Gasteiger partial charge in [-0.15, -0.1) is 0 Å². The number of anilines is 3. The third-order valence-corrected chi connectivity index (χ3v) is 14.4. The minimum atomic E-state index is -1.98. The van der Waals surface area contributed by atoms with Gasteiger partial charge >= 0.3 is 0 Å². The zero-order chi connectivity index (χ0) is 32.5. The van der Waals surface area contributed by atoms with Crippen LogP contribution in [0.5, 0.6) is 5.75 Å². The minimum Gasteiger partial charge on any atom is -0.487 e. The average molecular weight is 648 g/mol. The number of piperidine rings is 1. The molecule has 2 atom stereocenters. The Labute approximate surface area is 272 Å². The lowest BCUT2D eigenvalue weighted by molar-refractivity contribution is -0.122. The third-order valence-electron chi connectivity index (χ3n) is 9.85. The lowest BCUT2D eigenvalue weighted by Gasteiger charge is -2.38. The Balaban J connectivity index is 1.28. The van der Waals surface area contributed by atoms with Crippen molar-refractivity contribution in [3.8, 4) is 16.9 Å². The predicted molar refractivity (Wildman–Crippen MR) is 180 cm³/mol. The van der Waals surface area contributed by atoms with Gasteiger partial charge < -0.3 is 24.7 Å². The summed E-state index contributed by atoms with van der Waals surface area (Å²) < 4.78 is 28.5. The van der Waals surface area contributed by atoms with Crippen LogP contribution in [0, 0.1) is 5.82 Å². The number of nitrogens with one attached hydrogen (secondary N) is 2. The Morgan fingerprint density at radius 1 is 1.04 bits per heavy atom. The number of halogens is 1. The normalized spacial score (nSPS) is 24.1. The molecule has 0 aliphatic carbocycles. The Bertz CT molecular complexity index is 1530. The molecule has 2 unspecified atom stereocenters. The molecule has 2 fully saturated rings. The highest BCUT2D eigenvalue weighted by atomic mass is 28.4. The van der Waals surface area contributed by atoms with E-state index in [9.17, 15) is 4.79 Å². The topological polar surface area (TPSA) is 105 Å². The van der Waals surface area contributed by atoms with Crippen molar-refractivity contribution < 1.29 is 18.3 Å². The molecule has 9 rings (SSSR count). The van der Waals surface area contributed by atoms with Gasteiger partial charge in [0.25, 0.3) is 0 Å². The Kier molecular flexibility index (Phi) is 9.31. The summed E-state index contributed by atoms with van der Waals surface area (Å²) in [6.07, 6.45) is 8.34. The first-order valence-electron chi connectivity index (χ1n) is 16.4. The maximum Gasteiger partial charge on any atom is 0.234 e. The van der Waals surface area contributed by atoms with Crippen molar-refractivity contribution in [1.29, 1.82) is 0 Å². The van der Waals surface area contributed by atoms with Gasteiger partial charge in [-0.25, -0.2) is 19.3 Å². The number of amides is 1. The molecule has 1 aromatic carbocycles. The fraction of sp³-hybridized carbons (Fsp3) is 0.529. The van der Waals surface area contributed by atoms with Crippen molar-refractivity contribution in [1.82, 2.24) is 25.2 Å². The molecule has 3 aromatic rings. The molecule has 12 heteroatoms. The zero-order valence-electron chi connectivity index (χ0n) is 27.6. The van der Waals surface area contributed by atoms with E-state index in [4.69, 9.17) is 19.1 Å². The maximum absolute atomic E-state index is 15.5. The Hall–Kier alpha value is -3.61. The van der Waals surface area contributed by atoms with E-state index < -0.39 is 14.1 Å².